The lowest BCUT2D eigenvalue weighted by Gasteiger charge is -2.32. The van der Waals surface area contributed by atoms with Crippen LogP contribution in [0.15, 0.2) is 33.9 Å². The summed E-state index contributed by atoms with van der Waals surface area (Å²) in [5.74, 6) is 0.384. The summed E-state index contributed by atoms with van der Waals surface area (Å²) in [6, 6.07) is 0. The molecule has 1 atom stereocenters. The summed E-state index contributed by atoms with van der Waals surface area (Å²) in [5.41, 5.74) is 5.37. The fourth-order valence-electron chi connectivity index (χ4n) is 3.56. The second-order valence-corrected chi connectivity index (χ2v) is 5.62. The second kappa shape index (κ2) is 3.20. The average Bonchev–Trinajstić information content (AvgIpc) is 3.04. The van der Waals surface area contributed by atoms with E-state index in [1.54, 1.807) is 0 Å². The van der Waals surface area contributed by atoms with E-state index < -0.39 is 0 Å². The van der Waals surface area contributed by atoms with E-state index >= 15 is 0 Å². The molecule has 2 heteroatoms. The Hall–Kier alpha value is -1.15. The van der Waals surface area contributed by atoms with Gasteiger partial charge in [0.2, 0.25) is 0 Å². The molecule has 1 spiro atoms. The first-order valence-electron chi connectivity index (χ1n) is 6.31. The van der Waals surface area contributed by atoms with E-state index in [1.165, 1.54) is 5.57 Å². The Morgan fingerprint density at radius 2 is 2.06 bits per heavy atom. The molecule has 0 aromatic heterocycles. The van der Waals surface area contributed by atoms with Crippen LogP contribution in [0.4, 0.5) is 0 Å². The van der Waals surface area contributed by atoms with Crippen LogP contribution in [0.25, 0.3) is 0 Å². The number of hydrogen-bond acceptors (Lipinski definition) is 2. The van der Waals surface area contributed by atoms with E-state index in [0.29, 0.717) is 0 Å². The Morgan fingerprint density at radius 1 is 1.41 bits per heavy atom. The predicted octanol–water partition coefficient (Wildman–Crippen LogP) is 2.55. The summed E-state index contributed by atoms with van der Waals surface area (Å²) >= 11 is 0. The predicted molar refractivity (Wildman–Crippen MR) is 66.4 cm³/mol. The summed E-state index contributed by atoms with van der Waals surface area (Å²) in [6.45, 7) is 6.22. The average molecular weight is 230 g/mol. The van der Waals surface area contributed by atoms with Gasteiger partial charge in [-0.3, -0.25) is 4.79 Å². The topological polar surface area (TPSA) is 37.3 Å². The number of aliphatic hydroxyl groups excluding tert-OH is 1. The van der Waals surface area contributed by atoms with E-state index in [-0.39, 0.29) is 23.7 Å². The van der Waals surface area contributed by atoms with Crippen LogP contribution >= 0.6 is 0 Å². The van der Waals surface area contributed by atoms with E-state index in [0.717, 1.165) is 35.1 Å². The van der Waals surface area contributed by atoms with E-state index in [1.807, 2.05) is 13.0 Å². The molecule has 0 heterocycles. The second-order valence-electron chi connectivity index (χ2n) is 5.62. The SMILES string of the molecule is CC1=C(CO)C2=C(C)C3(CC3)[C@@H](C)C(=O)C2=C1. The van der Waals surface area contributed by atoms with Gasteiger partial charge in [-0.2, -0.15) is 0 Å². The molecule has 0 amide bonds. The molecule has 0 radical (unpaired) electrons. The third-order valence-electron chi connectivity index (χ3n) is 4.96. The number of aliphatic hydroxyl groups is 1. The highest BCUT2D eigenvalue weighted by molar-refractivity contribution is 6.07. The molecule has 3 rings (SSSR count). The molecule has 0 bridgehead atoms. The highest BCUT2D eigenvalue weighted by Crippen LogP contribution is 2.63. The Balaban J connectivity index is 2.24. The van der Waals surface area contributed by atoms with Crippen molar-refractivity contribution < 1.29 is 9.90 Å². The quantitative estimate of drug-likeness (QED) is 0.751. The van der Waals surface area contributed by atoms with Gasteiger partial charge in [-0.05, 0) is 49.5 Å². The number of Topliss-reactive ketones (excluding diaryl/α,β-unsaturated/α-hetero) is 1. The number of allylic oxidation sites excluding steroid dienone is 4. The molecule has 3 aliphatic rings. The van der Waals surface area contributed by atoms with Crippen molar-refractivity contribution in [2.75, 3.05) is 6.61 Å². The van der Waals surface area contributed by atoms with Crippen molar-refractivity contribution in [1.29, 1.82) is 0 Å². The Kier molecular flexibility index (Phi) is 2.06. The standard InChI is InChI=1S/C15H18O2/c1-8-6-11-13(12(8)7-16)9(2)15(4-5-15)10(3)14(11)17/h6,10,16H,4-5,7H2,1-3H3/t10-/m0/s1. The van der Waals surface area contributed by atoms with Crippen LogP contribution in [0.5, 0.6) is 0 Å². The smallest absolute Gasteiger partial charge is 0.167 e. The highest BCUT2D eigenvalue weighted by Gasteiger charge is 2.56. The molecule has 0 aromatic rings. The number of carbonyl (C=O) groups excluding carboxylic acids is 1. The molecular formula is C15H18O2. The number of carbonyl (C=O) groups is 1. The maximum absolute atomic E-state index is 12.4. The molecule has 0 unspecified atom stereocenters. The van der Waals surface area contributed by atoms with E-state index in [2.05, 4.69) is 13.8 Å². The highest BCUT2D eigenvalue weighted by atomic mass is 16.3. The third-order valence-corrected chi connectivity index (χ3v) is 4.96. The van der Waals surface area contributed by atoms with Gasteiger partial charge in [0, 0.05) is 16.9 Å². The summed E-state index contributed by atoms with van der Waals surface area (Å²) < 4.78 is 0. The van der Waals surface area contributed by atoms with E-state index in [4.69, 9.17) is 0 Å². The molecule has 0 aliphatic heterocycles. The van der Waals surface area contributed by atoms with Gasteiger partial charge in [0.25, 0.3) is 0 Å². The molecule has 1 N–H and O–H groups in total. The molecule has 1 saturated carbocycles. The number of ketones is 1. The van der Waals surface area contributed by atoms with Gasteiger partial charge in [-0.25, -0.2) is 0 Å². The Labute approximate surface area is 102 Å². The van der Waals surface area contributed by atoms with Crippen molar-refractivity contribution in [2.45, 2.75) is 33.6 Å². The van der Waals surface area contributed by atoms with Crippen molar-refractivity contribution in [2.24, 2.45) is 11.3 Å². The lowest BCUT2D eigenvalue weighted by atomic mass is 9.70. The minimum Gasteiger partial charge on any atom is -0.392 e. The fraction of sp³-hybridized carbons (Fsp3) is 0.533. The first-order valence-corrected chi connectivity index (χ1v) is 6.31. The lowest BCUT2D eigenvalue weighted by Crippen LogP contribution is -2.31. The van der Waals surface area contributed by atoms with Crippen LogP contribution in [0.1, 0.15) is 33.6 Å². The lowest BCUT2D eigenvalue weighted by molar-refractivity contribution is -0.120. The molecular weight excluding hydrogens is 212 g/mol. The number of rotatable bonds is 1. The van der Waals surface area contributed by atoms with Crippen LogP contribution in [-0.2, 0) is 4.79 Å². The zero-order valence-electron chi connectivity index (χ0n) is 10.6. The Morgan fingerprint density at radius 3 is 2.59 bits per heavy atom. The van der Waals surface area contributed by atoms with Gasteiger partial charge in [-0.1, -0.05) is 12.5 Å². The van der Waals surface area contributed by atoms with Crippen LogP contribution < -0.4 is 0 Å². The van der Waals surface area contributed by atoms with Crippen LogP contribution in [0.2, 0.25) is 0 Å². The van der Waals surface area contributed by atoms with Crippen molar-refractivity contribution in [3.63, 3.8) is 0 Å². The summed E-state index contributed by atoms with van der Waals surface area (Å²) in [6.07, 6.45) is 4.21. The largest absolute Gasteiger partial charge is 0.392 e. The number of hydrogen-bond donors (Lipinski definition) is 1. The van der Waals surface area contributed by atoms with Crippen molar-refractivity contribution in [3.8, 4) is 0 Å². The minimum absolute atomic E-state index is 0.0379. The summed E-state index contributed by atoms with van der Waals surface area (Å²) in [4.78, 5) is 12.4. The maximum atomic E-state index is 12.4. The van der Waals surface area contributed by atoms with Crippen LogP contribution in [0, 0.1) is 11.3 Å². The first-order chi connectivity index (χ1) is 8.03. The monoisotopic (exact) mass is 230 g/mol. The fourth-order valence-corrected chi connectivity index (χ4v) is 3.56. The van der Waals surface area contributed by atoms with Crippen LogP contribution in [-0.4, -0.2) is 17.5 Å². The molecule has 0 aromatic carbocycles. The normalized spacial score (nSPS) is 30.0. The van der Waals surface area contributed by atoms with Gasteiger partial charge < -0.3 is 5.11 Å². The third kappa shape index (κ3) is 1.17. The van der Waals surface area contributed by atoms with Gasteiger partial charge in [0.1, 0.15) is 0 Å². The van der Waals surface area contributed by atoms with Gasteiger partial charge in [0.15, 0.2) is 5.78 Å². The molecule has 0 saturated heterocycles. The van der Waals surface area contributed by atoms with Gasteiger partial charge in [-0.15, -0.1) is 0 Å². The zero-order valence-corrected chi connectivity index (χ0v) is 10.6. The maximum Gasteiger partial charge on any atom is 0.167 e. The minimum atomic E-state index is 0.0379. The molecule has 90 valence electrons. The Bertz CT molecular complexity index is 513. The molecule has 3 aliphatic carbocycles. The molecule has 17 heavy (non-hydrogen) atoms. The van der Waals surface area contributed by atoms with Crippen molar-refractivity contribution in [1.82, 2.24) is 0 Å². The summed E-state index contributed by atoms with van der Waals surface area (Å²) in [5, 5.41) is 9.50. The molecule has 2 nitrogen and oxygen atoms in total. The van der Waals surface area contributed by atoms with Crippen molar-refractivity contribution >= 4 is 5.78 Å². The molecule has 1 fully saturated rings. The summed E-state index contributed by atoms with van der Waals surface area (Å²) in [7, 11) is 0. The van der Waals surface area contributed by atoms with Crippen molar-refractivity contribution in [3.05, 3.63) is 33.9 Å². The first kappa shape index (κ1) is 11.0. The van der Waals surface area contributed by atoms with E-state index in [9.17, 15) is 9.90 Å². The van der Waals surface area contributed by atoms with Crippen LogP contribution in [0.3, 0.4) is 0 Å². The van der Waals surface area contributed by atoms with Gasteiger partial charge >= 0.3 is 0 Å². The number of fused-ring (bicyclic) bond motifs is 1. The zero-order chi connectivity index (χ0) is 12.4. The van der Waals surface area contributed by atoms with Gasteiger partial charge in [0.05, 0.1) is 6.61 Å².